The summed E-state index contributed by atoms with van der Waals surface area (Å²) in [5.41, 5.74) is 1.31. The van der Waals surface area contributed by atoms with Crippen molar-refractivity contribution in [1.29, 1.82) is 0 Å². The molecule has 1 aliphatic heterocycles. The topological polar surface area (TPSA) is 103 Å². The number of aromatic nitrogens is 1. The van der Waals surface area contributed by atoms with Crippen LogP contribution in [0.4, 0.5) is 8.78 Å². The second-order valence-corrected chi connectivity index (χ2v) is 10.4. The highest BCUT2D eigenvalue weighted by Gasteiger charge is 2.49. The summed E-state index contributed by atoms with van der Waals surface area (Å²) in [6.45, 7) is 0. The standard InChI is InChI=1S/C26H17Cl2F2N3O4S/c27-15-5-1-13(2-6-15)19-11-18(32-33(19)25(37)26(29,30)12-20(34)35)22-21(14-3-7-16(28)8-4-14)17-9-10-38-24(17)31-23(22)36/h1-10,19H,11-12H2,(H,31,36)(H,34,35). The minimum absolute atomic E-state index is 0.0736. The minimum Gasteiger partial charge on any atom is -0.481 e. The highest BCUT2D eigenvalue weighted by Crippen LogP contribution is 2.40. The van der Waals surface area contributed by atoms with Crippen molar-refractivity contribution in [3.05, 3.63) is 91.5 Å². The molecule has 0 saturated carbocycles. The van der Waals surface area contributed by atoms with E-state index in [9.17, 15) is 23.2 Å². The summed E-state index contributed by atoms with van der Waals surface area (Å²) in [5.74, 6) is -7.84. The number of aromatic amines is 1. The van der Waals surface area contributed by atoms with E-state index in [2.05, 4.69) is 10.1 Å². The average Bonchev–Trinajstić information content (AvgIpc) is 3.50. The van der Waals surface area contributed by atoms with E-state index >= 15 is 0 Å². The number of hydrazone groups is 1. The summed E-state index contributed by atoms with van der Waals surface area (Å²) in [6.07, 6.45) is -1.77. The number of thiophene rings is 1. The van der Waals surface area contributed by atoms with Gasteiger partial charge >= 0.3 is 17.8 Å². The van der Waals surface area contributed by atoms with Crippen molar-refractivity contribution in [1.82, 2.24) is 9.99 Å². The van der Waals surface area contributed by atoms with Crippen molar-refractivity contribution in [2.45, 2.75) is 24.8 Å². The zero-order valence-corrected chi connectivity index (χ0v) is 21.6. The number of alkyl halides is 2. The van der Waals surface area contributed by atoms with Gasteiger partial charge in [-0.1, -0.05) is 47.5 Å². The normalized spacial score (nSPS) is 15.6. The number of hydrogen-bond acceptors (Lipinski definition) is 5. The number of amides is 1. The number of carbonyl (C=O) groups excluding carboxylic acids is 1. The van der Waals surface area contributed by atoms with Crippen LogP contribution in [0.5, 0.6) is 0 Å². The molecular formula is C26H17Cl2F2N3O4S. The number of fused-ring (bicyclic) bond motifs is 1. The first-order valence-corrected chi connectivity index (χ1v) is 12.8. The first-order chi connectivity index (χ1) is 18.0. The van der Waals surface area contributed by atoms with Crippen LogP contribution in [0.15, 0.2) is 69.9 Å². The fraction of sp³-hybridized carbons (Fsp3) is 0.154. The number of H-pyrrole nitrogens is 1. The van der Waals surface area contributed by atoms with E-state index in [0.29, 0.717) is 42.0 Å². The Kier molecular flexibility index (Phi) is 6.81. The molecule has 2 aromatic carbocycles. The van der Waals surface area contributed by atoms with Crippen LogP contribution in [0.2, 0.25) is 10.0 Å². The van der Waals surface area contributed by atoms with Gasteiger partial charge in [-0.3, -0.25) is 14.4 Å². The van der Waals surface area contributed by atoms with Crippen LogP contribution in [0.3, 0.4) is 0 Å². The predicted molar refractivity (Wildman–Crippen MR) is 142 cm³/mol. The lowest BCUT2D eigenvalue weighted by Crippen LogP contribution is -2.42. The number of nitrogens with zero attached hydrogens (tertiary/aromatic N) is 2. The number of rotatable bonds is 6. The molecule has 7 nitrogen and oxygen atoms in total. The smallest absolute Gasteiger partial charge is 0.337 e. The Labute approximate surface area is 227 Å². The lowest BCUT2D eigenvalue weighted by molar-refractivity contribution is -0.167. The van der Waals surface area contributed by atoms with Crippen molar-refractivity contribution < 1.29 is 23.5 Å². The van der Waals surface area contributed by atoms with Gasteiger partial charge in [-0.15, -0.1) is 11.3 Å². The Bertz CT molecular complexity index is 1650. The van der Waals surface area contributed by atoms with Gasteiger partial charge in [-0.05, 0) is 46.8 Å². The molecule has 1 aliphatic rings. The summed E-state index contributed by atoms with van der Waals surface area (Å²) in [6, 6.07) is 13.8. The molecule has 194 valence electrons. The highest BCUT2D eigenvalue weighted by atomic mass is 35.5. The van der Waals surface area contributed by atoms with Gasteiger partial charge in [0.1, 0.15) is 11.3 Å². The molecule has 0 saturated heterocycles. The molecule has 4 aromatic rings. The van der Waals surface area contributed by atoms with Crippen LogP contribution in [0, 0.1) is 0 Å². The van der Waals surface area contributed by atoms with Crippen molar-refractivity contribution >= 4 is 62.3 Å². The van der Waals surface area contributed by atoms with Gasteiger partial charge in [0.2, 0.25) is 0 Å². The zero-order valence-electron chi connectivity index (χ0n) is 19.3. The van der Waals surface area contributed by atoms with Crippen LogP contribution >= 0.6 is 34.5 Å². The average molecular weight is 576 g/mol. The molecule has 38 heavy (non-hydrogen) atoms. The molecule has 1 unspecified atom stereocenters. The van der Waals surface area contributed by atoms with Gasteiger partial charge in [0.15, 0.2) is 0 Å². The third-order valence-electron chi connectivity index (χ3n) is 6.12. The molecule has 5 rings (SSSR count). The number of carboxylic acids is 1. The lowest BCUT2D eigenvalue weighted by atomic mass is 9.92. The number of pyridine rings is 1. The number of halogens is 4. The largest absolute Gasteiger partial charge is 0.481 e. The monoisotopic (exact) mass is 575 g/mol. The molecule has 0 fully saturated rings. The molecule has 2 aromatic heterocycles. The molecule has 0 bridgehead atoms. The zero-order chi connectivity index (χ0) is 27.2. The molecule has 1 amide bonds. The van der Waals surface area contributed by atoms with Gasteiger partial charge in [-0.2, -0.15) is 13.9 Å². The van der Waals surface area contributed by atoms with Crippen molar-refractivity contribution in [3.63, 3.8) is 0 Å². The maximum absolute atomic E-state index is 14.7. The molecule has 0 spiro atoms. The molecule has 0 aliphatic carbocycles. The van der Waals surface area contributed by atoms with E-state index in [1.807, 2.05) is 6.07 Å². The van der Waals surface area contributed by atoms with Gasteiger partial charge < -0.3 is 10.1 Å². The Morgan fingerprint density at radius 1 is 1.05 bits per heavy atom. The highest BCUT2D eigenvalue weighted by molar-refractivity contribution is 7.16. The van der Waals surface area contributed by atoms with Crippen LogP contribution in [-0.4, -0.2) is 38.6 Å². The third-order valence-corrected chi connectivity index (χ3v) is 7.45. The number of carbonyl (C=O) groups is 2. The van der Waals surface area contributed by atoms with E-state index in [1.165, 1.54) is 23.5 Å². The van der Waals surface area contributed by atoms with Gasteiger partial charge in [0.05, 0.1) is 17.3 Å². The van der Waals surface area contributed by atoms with E-state index in [-0.39, 0.29) is 17.7 Å². The first kappa shape index (κ1) is 26.0. The van der Waals surface area contributed by atoms with Gasteiger partial charge in [0, 0.05) is 27.4 Å². The summed E-state index contributed by atoms with van der Waals surface area (Å²) < 4.78 is 29.4. The lowest BCUT2D eigenvalue weighted by Gasteiger charge is -2.25. The number of aliphatic carboxylic acids is 1. The molecule has 12 heteroatoms. The molecule has 0 radical (unpaired) electrons. The summed E-state index contributed by atoms with van der Waals surface area (Å²) in [4.78, 5) is 40.8. The summed E-state index contributed by atoms with van der Waals surface area (Å²) in [7, 11) is 0. The summed E-state index contributed by atoms with van der Waals surface area (Å²) in [5, 5.41) is 17.1. The Morgan fingerprint density at radius 2 is 1.68 bits per heavy atom. The van der Waals surface area contributed by atoms with Crippen LogP contribution in [-0.2, 0) is 9.59 Å². The number of benzene rings is 2. The van der Waals surface area contributed by atoms with Crippen molar-refractivity contribution in [2.24, 2.45) is 5.10 Å². The van der Waals surface area contributed by atoms with E-state index in [1.54, 1.807) is 41.8 Å². The van der Waals surface area contributed by atoms with E-state index in [4.69, 9.17) is 28.3 Å². The van der Waals surface area contributed by atoms with Crippen LogP contribution in [0.1, 0.15) is 30.0 Å². The fourth-order valence-electron chi connectivity index (χ4n) is 4.43. The van der Waals surface area contributed by atoms with Crippen molar-refractivity contribution in [3.8, 4) is 11.1 Å². The van der Waals surface area contributed by atoms with Gasteiger partial charge in [0.25, 0.3) is 5.56 Å². The number of hydrogen-bond donors (Lipinski definition) is 2. The maximum Gasteiger partial charge on any atom is 0.337 e. The summed E-state index contributed by atoms with van der Waals surface area (Å²) >= 11 is 13.4. The number of nitrogens with one attached hydrogen (secondary N) is 1. The Morgan fingerprint density at radius 3 is 2.32 bits per heavy atom. The van der Waals surface area contributed by atoms with Crippen LogP contribution in [0.25, 0.3) is 21.3 Å². The van der Waals surface area contributed by atoms with E-state index < -0.39 is 35.8 Å². The fourth-order valence-corrected chi connectivity index (χ4v) is 5.48. The Balaban J connectivity index is 1.70. The third kappa shape index (κ3) is 4.82. The predicted octanol–water partition coefficient (Wildman–Crippen LogP) is 6.35. The quantitative estimate of drug-likeness (QED) is 0.279. The van der Waals surface area contributed by atoms with E-state index in [0.717, 1.165) is 0 Å². The molecule has 1 atom stereocenters. The number of carboxylic acid groups (broad SMARTS) is 1. The van der Waals surface area contributed by atoms with Gasteiger partial charge in [-0.25, -0.2) is 5.01 Å². The first-order valence-electron chi connectivity index (χ1n) is 11.2. The minimum atomic E-state index is -4.22. The van der Waals surface area contributed by atoms with Crippen molar-refractivity contribution in [2.75, 3.05) is 0 Å². The molecular weight excluding hydrogens is 559 g/mol. The molecule has 3 heterocycles. The second kappa shape index (κ2) is 9.94. The Hall–Kier alpha value is -3.60. The molecule has 2 N–H and O–H groups in total. The van der Waals surface area contributed by atoms with Crippen LogP contribution < -0.4 is 5.56 Å². The second-order valence-electron chi connectivity index (χ2n) is 8.62. The maximum atomic E-state index is 14.7. The SMILES string of the molecule is O=C(O)CC(F)(F)C(=O)N1N=C(c2c(-c3ccc(Cl)cc3)c3ccsc3[nH]c2=O)CC1c1ccc(Cl)cc1.